The number of aryl methyl sites for hydroxylation is 1. The molecular weight excluding hydrogens is 262 g/mol. The lowest BCUT2D eigenvalue weighted by Gasteiger charge is -2.01. The molecule has 0 radical (unpaired) electrons. The number of nitrogens with one attached hydrogen (secondary N) is 1. The van der Waals surface area contributed by atoms with Crippen LogP contribution in [0, 0.1) is 6.92 Å². The first-order valence-electron chi connectivity index (χ1n) is 6.79. The van der Waals surface area contributed by atoms with Crippen LogP contribution in [-0.4, -0.2) is 14.8 Å². The minimum atomic E-state index is -0.125. The van der Waals surface area contributed by atoms with Crippen molar-refractivity contribution in [3.63, 3.8) is 0 Å². The van der Waals surface area contributed by atoms with Gasteiger partial charge in [-0.3, -0.25) is 9.89 Å². The lowest BCUT2D eigenvalue weighted by atomic mass is 10.1. The fourth-order valence-corrected chi connectivity index (χ4v) is 2.58. The number of aromatic nitrogens is 3. The lowest BCUT2D eigenvalue weighted by Crippen LogP contribution is -2.14. The first-order valence-corrected chi connectivity index (χ1v) is 6.79. The number of aromatic amines is 1. The van der Waals surface area contributed by atoms with Gasteiger partial charge in [0.25, 0.3) is 5.56 Å². The zero-order chi connectivity index (χ0) is 14.4. The number of fused-ring (bicyclic) bond motifs is 3. The highest BCUT2D eigenvalue weighted by atomic mass is 16.1. The highest BCUT2D eigenvalue weighted by Gasteiger charge is 2.11. The topological polar surface area (TPSA) is 50.7 Å². The van der Waals surface area contributed by atoms with E-state index in [1.807, 2.05) is 55.5 Å². The van der Waals surface area contributed by atoms with Crippen molar-refractivity contribution >= 4 is 21.8 Å². The molecule has 0 aliphatic carbocycles. The van der Waals surface area contributed by atoms with Crippen LogP contribution in [0.15, 0.2) is 59.5 Å². The Kier molecular flexibility index (Phi) is 2.44. The molecule has 0 spiro atoms. The standard InChI is InChI=1S/C17H13N3O/c1-11-6-8-13(9-7-11)20-17(21)16-15(19-20)14-5-3-2-4-12(14)10-18-16/h2-10,19H,1H3. The molecule has 0 atom stereocenters. The van der Waals surface area contributed by atoms with E-state index >= 15 is 0 Å². The minimum absolute atomic E-state index is 0.125. The number of hydrogen-bond donors (Lipinski definition) is 1. The normalized spacial score (nSPS) is 11.3. The van der Waals surface area contributed by atoms with Gasteiger partial charge in [-0.2, -0.15) is 0 Å². The summed E-state index contributed by atoms with van der Waals surface area (Å²) in [5.41, 5.74) is 3.09. The molecule has 0 saturated heterocycles. The Balaban J connectivity index is 2.07. The average molecular weight is 275 g/mol. The molecule has 0 aliphatic heterocycles. The van der Waals surface area contributed by atoms with E-state index in [0.29, 0.717) is 5.52 Å². The second-order valence-corrected chi connectivity index (χ2v) is 5.16. The summed E-state index contributed by atoms with van der Waals surface area (Å²) in [5, 5.41) is 5.21. The summed E-state index contributed by atoms with van der Waals surface area (Å²) in [7, 11) is 0. The van der Waals surface area contributed by atoms with E-state index in [2.05, 4.69) is 10.1 Å². The molecule has 0 aliphatic rings. The number of hydrogen-bond acceptors (Lipinski definition) is 2. The van der Waals surface area contributed by atoms with Crippen molar-refractivity contribution in [2.24, 2.45) is 0 Å². The molecule has 21 heavy (non-hydrogen) atoms. The maximum Gasteiger partial charge on any atom is 0.297 e. The molecule has 0 bridgehead atoms. The number of H-pyrrole nitrogens is 1. The summed E-state index contributed by atoms with van der Waals surface area (Å²) in [6, 6.07) is 15.7. The highest BCUT2D eigenvalue weighted by molar-refractivity contribution is 6.02. The fraction of sp³-hybridized carbons (Fsp3) is 0.0588. The van der Waals surface area contributed by atoms with Gasteiger partial charge in [0.15, 0.2) is 5.52 Å². The fourth-order valence-electron chi connectivity index (χ4n) is 2.58. The maximum absolute atomic E-state index is 12.5. The van der Waals surface area contributed by atoms with Gasteiger partial charge in [0.05, 0.1) is 11.2 Å². The Labute approximate surface area is 120 Å². The lowest BCUT2D eigenvalue weighted by molar-refractivity contribution is 0.863. The Morgan fingerprint density at radius 2 is 1.81 bits per heavy atom. The van der Waals surface area contributed by atoms with E-state index in [4.69, 9.17) is 0 Å². The molecule has 2 aromatic heterocycles. The summed E-state index contributed by atoms with van der Waals surface area (Å²) >= 11 is 0. The molecular formula is C17H13N3O. The number of benzene rings is 2. The third kappa shape index (κ3) is 1.76. The number of pyridine rings is 1. The van der Waals surface area contributed by atoms with E-state index in [1.54, 1.807) is 10.9 Å². The Morgan fingerprint density at radius 1 is 1.05 bits per heavy atom. The predicted octanol–water partition coefficient (Wildman–Crippen LogP) is 3.18. The van der Waals surface area contributed by atoms with Crippen LogP contribution in [-0.2, 0) is 0 Å². The Hall–Kier alpha value is -2.88. The molecule has 0 amide bonds. The summed E-state index contributed by atoms with van der Waals surface area (Å²) in [6.07, 6.45) is 1.74. The summed E-state index contributed by atoms with van der Waals surface area (Å²) in [5.74, 6) is 0. The van der Waals surface area contributed by atoms with Gasteiger partial charge in [-0.05, 0) is 19.1 Å². The van der Waals surface area contributed by atoms with E-state index < -0.39 is 0 Å². The largest absolute Gasteiger partial charge is 0.297 e. The van der Waals surface area contributed by atoms with Gasteiger partial charge >= 0.3 is 0 Å². The monoisotopic (exact) mass is 275 g/mol. The molecule has 1 N–H and O–H groups in total. The number of nitrogens with zero attached hydrogens (tertiary/aromatic N) is 2. The molecule has 4 aromatic rings. The van der Waals surface area contributed by atoms with Crippen LogP contribution in [0.1, 0.15) is 5.56 Å². The van der Waals surface area contributed by atoms with Gasteiger partial charge in [-0.1, -0.05) is 42.0 Å². The van der Waals surface area contributed by atoms with Crippen molar-refractivity contribution in [3.8, 4) is 5.69 Å². The van der Waals surface area contributed by atoms with Gasteiger partial charge in [0.2, 0.25) is 0 Å². The molecule has 0 fully saturated rings. The Bertz CT molecular complexity index is 1010. The molecule has 4 rings (SSSR count). The molecule has 4 heteroatoms. The van der Waals surface area contributed by atoms with Gasteiger partial charge in [0.1, 0.15) is 0 Å². The first-order chi connectivity index (χ1) is 10.2. The SMILES string of the molecule is Cc1ccc(-n2[nH]c3c(ncc4ccccc43)c2=O)cc1. The summed E-state index contributed by atoms with van der Waals surface area (Å²) < 4.78 is 1.55. The van der Waals surface area contributed by atoms with Gasteiger partial charge in [-0.25, -0.2) is 9.67 Å². The van der Waals surface area contributed by atoms with Gasteiger partial charge in [-0.15, -0.1) is 0 Å². The van der Waals surface area contributed by atoms with Crippen molar-refractivity contribution in [2.75, 3.05) is 0 Å². The van der Waals surface area contributed by atoms with E-state index in [0.717, 1.165) is 27.5 Å². The van der Waals surface area contributed by atoms with E-state index in [-0.39, 0.29) is 5.56 Å². The van der Waals surface area contributed by atoms with Crippen molar-refractivity contribution in [1.82, 2.24) is 14.8 Å². The minimum Gasteiger partial charge on any atom is -0.288 e. The molecule has 102 valence electrons. The van der Waals surface area contributed by atoms with Crippen LogP contribution in [0.2, 0.25) is 0 Å². The van der Waals surface area contributed by atoms with Crippen LogP contribution in [0.5, 0.6) is 0 Å². The van der Waals surface area contributed by atoms with Crippen LogP contribution in [0.3, 0.4) is 0 Å². The van der Waals surface area contributed by atoms with Crippen LogP contribution in [0.25, 0.3) is 27.5 Å². The van der Waals surface area contributed by atoms with Gasteiger partial charge in [0, 0.05) is 17.0 Å². The molecule has 0 unspecified atom stereocenters. The second-order valence-electron chi connectivity index (χ2n) is 5.16. The zero-order valence-corrected chi connectivity index (χ0v) is 11.5. The first kappa shape index (κ1) is 11.9. The van der Waals surface area contributed by atoms with Crippen molar-refractivity contribution < 1.29 is 0 Å². The molecule has 4 nitrogen and oxygen atoms in total. The van der Waals surface area contributed by atoms with E-state index in [9.17, 15) is 4.79 Å². The van der Waals surface area contributed by atoms with E-state index in [1.165, 1.54) is 0 Å². The number of rotatable bonds is 1. The highest BCUT2D eigenvalue weighted by Crippen LogP contribution is 2.20. The molecule has 2 heterocycles. The van der Waals surface area contributed by atoms with Crippen LogP contribution < -0.4 is 5.56 Å². The van der Waals surface area contributed by atoms with Crippen molar-refractivity contribution in [1.29, 1.82) is 0 Å². The Morgan fingerprint density at radius 3 is 2.62 bits per heavy atom. The zero-order valence-electron chi connectivity index (χ0n) is 11.5. The summed E-state index contributed by atoms with van der Waals surface area (Å²) in [6.45, 7) is 2.02. The third-order valence-corrected chi connectivity index (χ3v) is 3.72. The predicted molar refractivity (Wildman–Crippen MR) is 83.9 cm³/mol. The second kappa shape index (κ2) is 4.31. The van der Waals surface area contributed by atoms with Crippen molar-refractivity contribution in [3.05, 3.63) is 70.6 Å². The quantitative estimate of drug-likeness (QED) is 0.580. The molecule has 2 aromatic carbocycles. The smallest absolute Gasteiger partial charge is 0.288 e. The molecule has 0 saturated carbocycles. The van der Waals surface area contributed by atoms with Crippen molar-refractivity contribution in [2.45, 2.75) is 6.92 Å². The van der Waals surface area contributed by atoms with Crippen LogP contribution >= 0.6 is 0 Å². The van der Waals surface area contributed by atoms with Crippen LogP contribution in [0.4, 0.5) is 0 Å². The summed E-state index contributed by atoms with van der Waals surface area (Å²) in [4.78, 5) is 16.8. The van der Waals surface area contributed by atoms with Gasteiger partial charge < -0.3 is 0 Å². The third-order valence-electron chi connectivity index (χ3n) is 3.72. The maximum atomic E-state index is 12.5. The average Bonchev–Trinajstić information content (AvgIpc) is 2.86.